The van der Waals surface area contributed by atoms with Gasteiger partial charge in [0.1, 0.15) is 0 Å². The Balaban J connectivity index is 2.00. The molecular formula is C18H30N2. The minimum Gasteiger partial charge on any atom is -0.309 e. The molecule has 2 unspecified atom stereocenters. The van der Waals surface area contributed by atoms with Crippen molar-refractivity contribution in [2.24, 2.45) is 5.92 Å². The van der Waals surface area contributed by atoms with Gasteiger partial charge in [-0.3, -0.25) is 0 Å². The molecule has 2 rings (SSSR count). The summed E-state index contributed by atoms with van der Waals surface area (Å²) in [6.45, 7) is 6.81. The fourth-order valence-corrected chi connectivity index (χ4v) is 3.47. The van der Waals surface area contributed by atoms with Crippen LogP contribution in [0.3, 0.4) is 0 Å². The molecule has 0 saturated heterocycles. The molecule has 1 N–H and O–H groups in total. The maximum atomic E-state index is 3.66. The van der Waals surface area contributed by atoms with Gasteiger partial charge in [0, 0.05) is 18.6 Å². The molecule has 0 heterocycles. The van der Waals surface area contributed by atoms with E-state index in [1.807, 2.05) is 0 Å². The van der Waals surface area contributed by atoms with Gasteiger partial charge < -0.3 is 10.2 Å². The molecule has 2 atom stereocenters. The molecule has 1 saturated carbocycles. The Morgan fingerprint density at radius 3 is 2.45 bits per heavy atom. The van der Waals surface area contributed by atoms with Crippen LogP contribution in [-0.4, -0.2) is 31.1 Å². The SMILES string of the molecule is CCNC(c1ccccc1)C(C)N(C)CC1CCCC1. The largest absolute Gasteiger partial charge is 0.309 e. The van der Waals surface area contributed by atoms with Crippen molar-refractivity contribution in [3.8, 4) is 0 Å². The number of rotatable bonds is 7. The van der Waals surface area contributed by atoms with E-state index in [0.29, 0.717) is 12.1 Å². The van der Waals surface area contributed by atoms with E-state index in [-0.39, 0.29) is 0 Å². The van der Waals surface area contributed by atoms with Crippen molar-refractivity contribution in [3.05, 3.63) is 35.9 Å². The molecule has 1 aromatic rings. The highest BCUT2D eigenvalue weighted by Crippen LogP contribution is 2.27. The van der Waals surface area contributed by atoms with Crippen LogP contribution in [0, 0.1) is 5.92 Å². The van der Waals surface area contributed by atoms with Crippen LogP contribution < -0.4 is 5.32 Å². The first-order valence-corrected chi connectivity index (χ1v) is 8.21. The fraction of sp³-hybridized carbons (Fsp3) is 0.667. The van der Waals surface area contributed by atoms with E-state index in [4.69, 9.17) is 0 Å². The molecule has 0 amide bonds. The van der Waals surface area contributed by atoms with E-state index in [0.717, 1.165) is 12.5 Å². The van der Waals surface area contributed by atoms with Crippen molar-refractivity contribution in [1.29, 1.82) is 0 Å². The van der Waals surface area contributed by atoms with Gasteiger partial charge in [-0.05, 0) is 44.8 Å². The molecule has 1 aliphatic rings. The van der Waals surface area contributed by atoms with Crippen molar-refractivity contribution < 1.29 is 0 Å². The van der Waals surface area contributed by atoms with Crippen molar-refractivity contribution in [2.45, 2.75) is 51.6 Å². The lowest BCUT2D eigenvalue weighted by atomic mass is 9.98. The second-order valence-corrected chi connectivity index (χ2v) is 6.28. The Kier molecular flexibility index (Phi) is 6.06. The monoisotopic (exact) mass is 274 g/mol. The summed E-state index contributed by atoms with van der Waals surface area (Å²) < 4.78 is 0. The lowest BCUT2D eigenvalue weighted by Crippen LogP contribution is -2.42. The van der Waals surface area contributed by atoms with Crippen LogP contribution in [-0.2, 0) is 0 Å². The van der Waals surface area contributed by atoms with Crippen molar-refractivity contribution in [3.63, 3.8) is 0 Å². The summed E-state index contributed by atoms with van der Waals surface area (Å²) in [4.78, 5) is 2.55. The van der Waals surface area contributed by atoms with Crippen LogP contribution in [0.2, 0.25) is 0 Å². The molecule has 1 fully saturated rings. The van der Waals surface area contributed by atoms with Crippen LogP contribution in [0.25, 0.3) is 0 Å². The number of likely N-dealkylation sites (N-methyl/N-ethyl adjacent to an activating group) is 2. The average molecular weight is 274 g/mol. The lowest BCUT2D eigenvalue weighted by molar-refractivity contribution is 0.180. The molecule has 0 aromatic heterocycles. The normalized spacial score (nSPS) is 19.4. The zero-order valence-electron chi connectivity index (χ0n) is 13.3. The van der Waals surface area contributed by atoms with E-state index >= 15 is 0 Å². The van der Waals surface area contributed by atoms with E-state index < -0.39 is 0 Å². The van der Waals surface area contributed by atoms with Crippen LogP contribution in [0.1, 0.15) is 51.1 Å². The number of hydrogen-bond acceptors (Lipinski definition) is 2. The molecule has 1 aromatic carbocycles. The number of nitrogens with zero attached hydrogens (tertiary/aromatic N) is 1. The summed E-state index contributed by atoms with van der Waals surface area (Å²) in [6, 6.07) is 11.8. The summed E-state index contributed by atoms with van der Waals surface area (Å²) in [7, 11) is 2.29. The quantitative estimate of drug-likeness (QED) is 0.812. The Labute approximate surface area is 124 Å². The van der Waals surface area contributed by atoms with Gasteiger partial charge in [0.25, 0.3) is 0 Å². The van der Waals surface area contributed by atoms with E-state index in [1.165, 1.54) is 37.8 Å². The first kappa shape index (κ1) is 15.5. The predicted molar refractivity (Wildman–Crippen MR) is 86.9 cm³/mol. The molecule has 2 nitrogen and oxygen atoms in total. The average Bonchev–Trinajstić information content (AvgIpc) is 2.98. The maximum absolute atomic E-state index is 3.66. The second-order valence-electron chi connectivity index (χ2n) is 6.28. The first-order valence-electron chi connectivity index (χ1n) is 8.21. The van der Waals surface area contributed by atoms with Gasteiger partial charge in [0.05, 0.1) is 0 Å². The summed E-state index contributed by atoms with van der Waals surface area (Å²) in [6.07, 6.45) is 5.72. The Morgan fingerprint density at radius 2 is 1.85 bits per heavy atom. The van der Waals surface area contributed by atoms with Gasteiger partial charge in [0.15, 0.2) is 0 Å². The highest BCUT2D eigenvalue weighted by molar-refractivity contribution is 5.20. The van der Waals surface area contributed by atoms with E-state index in [9.17, 15) is 0 Å². The lowest BCUT2D eigenvalue weighted by Gasteiger charge is -2.34. The van der Waals surface area contributed by atoms with Gasteiger partial charge in [-0.1, -0.05) is 50.1 Å². The third kappa shape index (κ3) is 4.07. The predicted octanol–water partition coefficient (Wildman–Crippen LogP) is 3.85. The number of hydrogen-bond donors (Lipinski definition) is 1. The first-order chi connectivity index (χ1) is 9.72. The van der Waals surface area contributed by atoms with Crippen LogP contribution in [0.4, 0.5) is 0 Å². The Hall–Kier alpha value is -0.860. The standard InChI is InChI=1S/C18H30N2/c1-4-19-18(17-12-6-5-7-13-17)15(2)20(3)14-16-10-8-9-11-16/h5-7,12-13,15-16,18-19H,4,8-11,14H2,1-3H3. The molecule has 112 valence electrons. The van der Waals surface area contributed by atoms with Crippen LogP contribution in [0.15, 0.2) is 30.3 Å². The Bertz CT molecular complexity index is 370. The molecule has 2 heteroatoms. The zero-order valence-corrected chi connectivity index (χ0v) is 13.3. The molecule has 1 aliphatic carbocycles. The smallest absolute Gasteiger partial charge is 0.0475 e. The Morgan fingerprint density at radius 1 is 1.20 bits per heavy atom. The number of benzene rings is 1. The summed E-state index contributed by atoms with van der Waals surface area (Å²) in [5.41, 5.74) is 1.40. The maximum Gasteiger partial charge on any atom is 0.0475 e. The summed E-state index contributed by atoms with van der Waals surface area (Å²) in [5, 5.41) is 3.66. The third-order valence-corrected chi connectivity index (χ3v) is 4.78. The second kappa shape index (κ2) is 7.80. The summed E-state index contributed by atoms with van der Waals surface area (Å²) >= 11 is 0. The molecule has 20 heavy (non-hydrogen) atoms. The number of nitrogens with one attached hydrogen (secondary N) is 1. The van der Waals surface area contributed by atoms with Gasteiger partial charge in [-0.15, -0.1) is 0 Å². The molecule has 0 aliphatic heterocycles. The summed E-state index contributed by atoms with van der Waals surface area (Å²) in [5.74, 6) is 0.917. The van der Waals surface area contributed by atoms with Crippen molar-refractivity contribution in [2.75, 3.05) is 20.1 Å². The van der Waals surface area contributed by atoms with E-state index in [1.54, 1.807) is 0 Å². The van der Waals surface area contributed by atoms with Crippen molar-refractivity contribution >= 4 is 0 Å². The minimum atomic E-state index is 0.424. The van der Waals surface area contributed by atoms with Crippen LogP contribution in [0.5, 0.6) is 0 Å². The van der Waals surface area contributed by atoms with Gasteiger partial charge in [0.2, 0.25) is 0 Å². The highest BCUT2D eigenvalue weighted by atomic mass is 15.2. The minimum absolute atomic E-state index is 0.424. The van der Waals surface area contributed by atoms with Gasteiger partial charge >= 0.3 is 0 Å². The van der Waals surface area contributed by atoms with Gasteiger partial charge in [-0.25, -0.2) is 0 Å². The topological polar surface area (TPSA) is 15.3 Å². The molecule has 0 spiro atoms. The fourth-order valence-electron chi connectivity index (χ4n) is 3.47. The van der Waals surface area contributed by atoms with E-state index in [2.05, 4.69) is 61.4 Å². The third-order valence-electron chi connectivity index (χ3n) is 4.78. The highest BCUT2D eigenvalue weighted by Gasteiger charge is 2.25. The zero-order chi connectivity index (χ0) is 14.4. The van der Waals surface area contributed by atoms with Crippen molar-refractivity contribution in [1.82, 2.24) is 10.2 Å². The molecule has 0 bridgehead atoms. The molecular weight excluding hydrogens is 244 g/mol. The molecule has 0 radical (unpaired) electrons. The van der Waals surface area contributed by atoms with Gasteiger partial charge in [-0.2, -0.15) is 0 Å². The van der Waals surface area contributed by atoms with Crippen LogP contribution >= 0.6 is 0 Å².